The predicted molar refractivity (Wildman–Crippen MR) is 156 cm³/mol. The Morgan fingerprint density at radius 1 is 1.02 bits per heavy atom. The summed E-state index contributed by atoms with van der Waals surface area (Å²) in [5.41, 5.74) is 5.92. The van der Waals surface area contributed by atoms with Crippen LogP contribution in [0.25, 0.3) is 10.9 Å². The number of rotatable bonds is 11. The highest BCUT2D eigenvalue weighted by Gasteiger charge is 2.21. The van der Waals surface area contributed by atoms with Gasteiger partial charge in [-0.3, -0.25) is 19.1 Å². The van der Waals surface area contributed by atoms with Crippen molar-refractivity contribution in [3.05, 3.63) is 82.8 Å². The average molecular weight is 544 g/mol. The van der Waals surface area contributed by atoms with E-state index in [4.69, 9.17) is 5.11 Å². The fraction of sp³-hybridized carbons (Fsp3) is 0.355. The molecule has 0 aliphatic heterocycles. The van der Waals surface area contributed by atoms with Gasteiger partial charge in [-0.1, -0.05) is 18.2 Å². The Balaban J connectivity index is 1.61. The van der Waals surface area contributed by atoms with Crippen molar-refractivity contribution in [3.63, 3.8) is 0 Å². The molecule has 0 fully saturated rings. The van der Waals surface area contributed by atoms with Crippen molar-refractivity contribution in [2.75, 3.05) is 5.32 Å². The van der Waals surface area contributed by atoms with Crippen molar-refractivity contribution < 1.29 is 19.5 Å². The van der Waals surface area contributed by atoms with Gasteiger partial charge in [0.05, 0.1) is 12.7 Å². The van der Waals surface area contributed by atoms with Crippen LogP contribution in [-0.4, -0.2) is 43.3 Å². The lowest BCUT2D eigenvalue weighted by Gasteiger charge is -2.18. The quantitative estimate of drug-likeness (QED) is 0.239. The molecule has 0 saturated carbocycles. The molecule has 2 heterocycles. The van der Waals surface area contributed by atoms with Gasteiger partial charge in [0.2, 0.25) is 5.91 Å². The molecule has 3 N–H and O–H groups in total. The van der Waals surface area contributed by atoms with E-state index in [1.165, 1.54) is 0 Å². The van der Waals surface area contributed by atoms with Crippen molar-refractivity contribution in [2.24, 2.45) is 0 Å². The molecule has 9 heteroatoms. The zero-order valence-corrected chi connectivity index (χ0v) is 23.7. The highest BCUT2D eigenvalue weighted by atomic mass is 16.4. The first kappa shape index (κ1) is 28.6. The minimum absolute atomic E-state index is 0.0131. The maximum absolute atomic E-state index is 13.6. The fourth-order valence-corrected chi connectivity index (χ4v) is 4.82. The van der Waals surface area contributed by atoms with Crippen LogP contribution in [0.2, 0.25) is 0 Å². The van der Waals surface area contributed by atoms with Crippen molar-refractivity contribution in [3.8, 4) is 0 Å². The lowest BCUT2D eigenvalue weighted by molar-refractivity contribution is -0.137. The van der Waals surface area contributed by atoms with Crippen LogP contribution in [0.1, 0.15) is 72.3 Å². The number of carbonyl (C=O) groups excluding carboxylic acids is 2. The lowest BCUT2D eigenvalue weighted by atomic mass is 10.0. The molecule has 1 unspecified atom stereocenters. The molecule has 0 spiro atoms. The van der Waals surface area contributed by atoms with Gasteiger partial charge in [-0.2, -0.15) is 5.10 Å². The monoisotopic (exact) mass is 543 g/mol. The van der Waals surface area contributed by atoms with E-state index in [0.717, 1.165) is 33.2 Å². The maximum atomic E-state index is 13.6. The average Bonchev–Trinajstić information content (AvgIpc) is 3.45. The van der Waals surface area contributed by atoms with E-state index in [1.807, 2.05) is 86.6 Å². The van der Waals surface area contributed by atoms with E-state index in [-0.39, 0.29) is 24.3 Å². The highest BCUT2D eigenvalue weighted by molar-refractivity contribution is 6.00. The first-order valence-corrected chi connectivity index (χ1v) is 13.6. The van der Waals surface area contributed by atoms with Crippen LogP contribution in [0.15, 0.2) is 55.0 Å². The third kappa shape index (κ3) is 6.77. The number of hydrogen-bond acceptors (Lipinski definition) is 4. The third-order valence-corrected chi connectivity index (χ3v) is 6.89. The number of hydrogen-bond donors (Lipinski definition) is 3. The molecule has 0 aliphatic rings. The second kappa shape index (κ2) is 12.2. The molecule has 40 heavy (non-hydrogen) atoms. The summed E-state index contributed by atoms with van der Waals surface area (Å²) in [7, 11) is 0. The first-order chi connectivity index (χ1) is 19.0. The minimum atomic E-state index is -0.846. The highest BCUT2D eigenvalue weighted by Crippen LogP contribution is 2.28. The van der Waals surface area contributed by atoms with Crippen LogP contribution in [0.4, 0.5) is 5.69 Å². The fourth-order valence-electron chi connectivity index (χ4n) is 4.82. The summed E-state index contributed by atoms with van der Waals surface area (Å²) in [6.45, 7) is 10.2. The molecule has 9 nitrogen and oxygen atoms in total. The van der Waals surface area contributed by atoms with Gasteiger partial charge in [-0.15, -0.1) is 0 Å². The summed E-state index contributed by atoms with van der Waals surface area (Å²) in [6, 6.07) is 10.9. The Kier molecular flexibility index (Phi) is 8.72. The molecule has 2 aromatic carbocycles. The van der Waals surface area contributed by atoms with Gasteiger partial charge in [0.15, 0.2) is 0 Å². The number of aromatic nitrogens is 3. The van der Waals surface area contributed by atoms with Gasteiger partial charge in [0.1, 0.15) is 6.04 Å². The number of aryl methyl sites for hydroxylation is 3. The summed E-state index contributed by atoms with van der Waals surface area (Å²) in [6.07, 6.45) is 6.73. The zero-order chi connectivity index (χ0) is 29.0. The summed E-state index contributed by atoms with van der Waals surface area (Å²) in [4.78, 5) is 37.3. The number of carboxylic acid groups (broad SMARTS) is 1. The number of carboxylic acids is 1. The molecule has 4 rings (SSSR count). The minimum Gasteiger partial charge on any atom is -0.481 e. The van der Waals surface area contributed by atoms with Crippen LogP contribution in [0.3, 0.4) is 0 Å². The molecular formula is C31H37N5O4. The van der Waals surface area contributed by atoms with Crippen LogP contribution in [0, 0.1) is 13.8 Å². The van der Waals surface area contributed by atoms with Gasteiger partial charge < -0.3 is 20.3 Å². The SMILES string of the molecule is Cc1cnn(Cc2ccc(CCCC(=O)O)c(NC(=O)C(C)n3cc(C)c4ccc(C(=O)NC(C)C)cc43)c2)c1. The second-order valence-electron chi connectivity index (χ2n) is 10.7. The van der Waals surface area contributed by atoms with E-state index < -0.39 is 12.0 Å². The summed E-state index contributed by atoms with van der Waals surface area (Å²) in [5.74, 6) is -1.21. The van der Waals surface area contributed by atoms with E-state index in [2.05, 4.69) is 15.7 Å². The molecule has 0 radical (unpaired) electrons. The number of nitrogens with zero attached hydrogens (tertiary/aromatic N) is 3. The molecule has 1 atom stereocenters. The molecule has 2 amide bonds. The molecule has 4 aromatic rings. The van der Waals surface area contributed by atoms with Crippen molar-refractivity contribution >= 4 is 34.4 Å². The van der Waals surface area contributed by atoms with E-state index in [0.29, 0.717) is 30.6 Å². The Bertz CT molecular complexity index is 1550. The van der Waals surface area contributed by atoms with E-state index >= 15 is 0 Å². The summed E-state index contributed by atoms with van der Waals surface area (Å²) < 4.78 is 3.73. The molecule has 0 bridgehead atoms. The largest absolute Gasteiger partial charge is 0.481 e. The summed E-state index contributed by atoms with van der Waals surface area (Å²) in [5, 5.41) is 20.4. The van der Waals surface area contributed by atoms with Crippen molar-refractivity contribution in [1.82, 2.24) is 19.7 Å². The Morgan fingerprint density at radius 3 is 2.48 bits per heavy atom. The molecule has 0 saturated heterocycles. The number of fused-ring (bicyclic) bond motifs is 1. The van der Waals surface area contributed by atoms with Gasteiger partial charge in [0, 0.05) is 47.0 Å². The number of nitrogens with one attached hydrogen (secondary N) is 2. The number of aliphatic carboxylic acids is 1. The Morgan fingerprint density at radius 2 is 1.80 bits per heavy atom. The zero-order valence-electron chi connectivity index (χ0n) is 23.7. The van der Waals surface area contributed by atoms with Crippen molar-refractivity contribution in [1.29, 1.82) is 0 Å². The molecule has 0 aliphatic carbocycles. The van der Waals surface area contributed by atoms with Crippen molar-refractivity contribution in [2.45, 2.75) is 72.5 Å². The molecule has 2 aromatic heterocycles. The van der Waals surface area contributed by atoms with Crippen LogP contribution in [0.5, 0.6) is 0 Å². The van der Waals surface area contributed by atoms with Gasteiger partial charge in [0.25, 0.3) is 5.91 Å². The number of amides is 2. The summed E-state index contributed by atoms with van der Waals surface area (Å²) >= 11 is 0. The van der Waals surface area contributed by atoms with E-state index in [1.54, 1.807) is 12.3 Å². The second-order valence-corrected chi connectivity index (χ2v) is 10.7. The maximum Gasteiger partial charge on any atom is 0.303 e. The standard InChI is InChI=1S/C31H37N5O4/c1-19(2)33-31(40)25-11-12-26-21(4)17-36(28(26)14-25)22(5)30(39)34-27-13-23(18-35-16-20(3)15-32-35)9-10-24(27)7-6-8-29(37)38/h9-17,19,22H,6-8,18H2,1-5H3,(H,33,40)(H,34,39)(H,37,38). The predicted octanol–water partition coefficient (Wildman–Crippen LogP) is 5.25. The van der Waals surface area contributed by atoms with Crippen LogP contribution in [-0.2, 0) is 22.6 Å². The van der Waals surface area contributed by atoms with Gasteiger partial charge >= 0.3 is 5.97 Å². The van der Waals surface area contributed by atoms with Gasteiger partial charge in [-0.25, -0.2) is 0 Å². The topological polar surface area (TPSA) is 118 Å². The number of anilines is 1. The normalized spacial score (nSPS) is 12.1. The Hall–Kier alpha value is -4.40. The molecule has 210 valence electrons. The Labute approximate surface area is 234 Å². The third-order valence-electron chi connectivity index (χ3n) is 6.89. The first-order valence-electron chi connectivity index (χ1n) is 13.6. The van der Waals surface area contributed by atoms with E-state index in [9.17, 15) is 14.4 Å². The smallest absolute Gasteiger partial charge is 0.303 e. The van der Waals surface area contributed by atoms with Crippen LogP contribution < -0.4 is 10.6 Å². The molecular weight excluding hydrogens is 506 g/mol. The van der Waals surface area contributed by atoms with Crippen LogP contribution >= 0.6 is 0 Å². The number of benzene rings is 2. The number of carbonyl (C=O) groups is 3. The van der Waals surface area contributed by atoms with Gasteiger partial charge in [-0.05, 0) is 87.9 Å². The lowest BCUT2D eigenvalue weighted by Crippen LogP contribution is -2.30.